The molecule has 2 bridgehead atoms. The Morgan fingerprint density at radius 3 is 3.04 bits per heavy atom. The number of carbonyl (C=O) groups is 1. The molecular formula is C18H24N4O. The van der Waals surface area contributed by atoms with Gasteiger partial charge in [-0.05, 0) is 44.4 Å². The zero-order valence-corrected chi connectivity index (χ0v) is 13.6. The predicted octanol–water partition coefficient (Wildman–Crippen LogP) is 2.16. The average Bonchev–Trinajstić information content (AvgIpc) is 3.05. The first-order valence-corrected chi connectivity index (χ1v) is 8.68. The van der Waals surface area contributed by atoms with Crippen LogP contribution in [0.5, 0.6) is 0 Å². The highest BCUT2D eigenvalue weighted by molar-refractivity contribution is 5.79. The number of rotatable bonds is 3. The fourth-order valence-electron chi connectivity index (χ4n) is 4.09. The van der Waals surface area contributed by atoms with E-state index in [9.17, 15) is 4.79 Å². The molecule has 0 spiro atoms. The largest absolute Gasteiger partial charge is 0.342 e. The quantitative estimate of drug-likeness (QED) is 0.913. The van der Waals surface area contributed by atoms with Gasteiger partial charge in [0.2, 0.25) is 5.91 Å². The summed E-state index contributed by atoms with van der Waals surface area (Å²) in [6.45, 7) is 4.06. The van der Waals surface area contributed by atoms with E-state index in [4.69, 9.17) is 0 Å². The maximum atomic E-state index is 12.7. The van der Waals surface area contributed by atoms with Crippen LogP contribution in [-0.4, -0.2) is 45.9 Å². The van der Waals surface area contributed by atoms with Crippen LogP contribution in [0, 0.1) is 6.92 Å². The molecule has 3 heterocycles. The Kier molecular flexibility index (Phi) is 3.81. The topological polar surface area (TPSA) is 61.0 Å². The van der Waals surface area contributed by atoms with Gasteiger partial charge in [0.25, 0.3) is 0 Å². The smallest absolute Gasteiger partial charge is 0.223 e. The summed E-state index contributed by atoms with van der Waals surface area (Å²) < 4.78 is 0. The van der Waals surface area contributed by atoms with E-state index in [0.29, 0.717) is 30.8 Å². The summed E-state index contributed by atoms with van der Waals surface area (Å²) in [5.41, 5.74) is 3.26. The zero-order chi connectivity index (χ0) is 15.8. The van der Waals surface area contributed by atoms with Crippen molar-refractivity contribution < 1.29 is 4.79 Å². The Hall–Kier alpha value is -1.88. The van der Waals surface area contributed by atoms with Gasteiger partial charge in [-0.15, -0.1) is 0 Å². The lowest BCUT2D eigenvalue weighted by Crippen LogP contribution is -2.42. The molecular weight excluding hydrogens is 288 g/mol. The van der Waals surface area contributed by atoms with Crippen LogP contribution in [0.15, 0.2) is 18.2 Å². The van der Waals surface area contributed by atoms with Crippen molar-refractivity contribution in [1.29, 1.82) is 0 Å². The molecule has 1 aromatic carbocycles. The van der Waals surface area contributed by atoms with Crippen molar-refractivity contribution >= 4 is 16.9 Å². The highest BCUT2D eigenvalue weighted by Gasteiger charge is 2.37. The number of carbonyl (C=O) groups excluding carboxylic acids is 1. The molecule has 2 atom stereocenters. The van der Waals surface area contributed by atoms with Gasteiger partial charge in [0.1, 0.15) is 5.82 Å². The van der Waals surface area contributed by atoms with E-state index < -0.39 is 0 Å². The Bertz CT molecular complexity index is 709. The number of hydrogen-bond donors (Lipinski definition) is 2. The van der Waals surface area contributed by atoms with Crippen molar-refractivity contribution in [3.63, 3.8) is 0 Å². The van der Waals surface area contributed by atoms with Crippen molar-refractivity contribution in [3.05, 3.63) is 29.6 Å². The van der Waals surface area contributed by atoms with Gasteiger partial charge in [0, 0.05) is 31.5 Å². The Morgan fingerprint density at radius 2 is 2.17 bits per heavy atom. The molecule has 1 amide bonds. The van der Waals surface area contributed by atoms with Crippen LogP contribution >= 0.6 is 0 Å². The Labute approximate surface area is 136 Å². The van der Waals surface area contributed by atoms with Crippen LogP contribution < -0.4 is 5.32 Å². The minimum absolute atomic E-state index is 0.290. The first kappa shape index (κ1) is 14.7. The van der Waals surface area contributed by atoms with Crippen molar-refractivity contribution in [2.45, 2.75) is 51.1 Å². The number of nitrogens with one attached hydrogen (secondary N) is 2. The summed E-state index contributed by atoms with van der Waals surface area (Å²) in [4.78, 5) is 22.9. The standard InChI is InChI=1S/C18H24N4O/c1-12-3-2-4-15-18(12)21-16(20-15)7-8-17(23)22-13-5-6-14(22)11-19-10-9-13/h2-4,13-14,19H,5-11H2,1H3,(H,20,21). The van der Waals surface area contributed by atoms with Gasteiger partial charge >= 0.3 is 0 Å². The maximum absolute atomic E-state index is 12.7. The summed E-state index contributed by atoms with van der Waals surface area (Å²) in [7, 11) is 0. The molecule has 2 aliphatic rings. The number of amides is 1. The molecule has 2 aromatic rings. The number of H-pyrrole nitrogens is 1. The molecule has 23 heavy (non-hydrogen) atoms. The SMILES string of the molecule is Cc1cccc2[nH]c(CCC(=O)N3C4CCNCC3CC4)nc12. The number of aromatic nitrogens is 2. The summed E-state index contributed by atoms with van der Waals surface area (Å²) in [6.07, 6.45) is 4.64. The van der Waals surface area contributed by atoms with E-state index in [0.717, 1.165) is 42.8 Å². The Balaban J connectivity index is 1.45. The van der Waals surface area contributed by atoms with E-state index in [1.807, 2.05) is 12.1 Å². The van der Waals surface area contributed by atoms with Crippen molar-refractivity contribution in [2.24, 2.45) is 0 Å². The number of para-hydroxylation sites is 1. The summed E-state index contributed by atoms with van der Waals surface area (Å²) in [6, 6.07) is 6.99. The van der Waals surface area contributed by atoms with Gasteiger partial charge < -0.3 is 15.2 Å². The molecule has 2 saturated heterocycles. The normalized spacial score (nSPS) is 24.1. The van der Waals surface area contributed by atoms with E-state index in [1.165, 1.54) is 12.0 Å². The second kappa shape index (κ2) is 5.96. The van der Waals surface area contributed by atoms with Gasteiger partial charge in [-0.2, -0.15) is 0 Å². The summed E-state index contributed by atoms with van der Waals surface area (Å²) in [5.74, 6) is 1.21. The molecule has 0 radical (unpaired) electrons. The Morgan fingerprint density at radius 1 is 1.30 bits per heavy atom. The third-order valence-corrected chi connectivity index (χ3v) is 5.28. The van der Waals surface area contributed by atoms with E-state index >= 15 is 0 Å². The number of aromatic amines is 1. The number of imidazole rings is 1. The maximum Gasteiger partial charge on any atom is 0.223 e. The molecule has 4 rings (SSSR count). The summed E-state index contributed by atoms with van der Waals surface area (Å²) >= 11 is 0. The molecule has 0 saturated carbocycles. The number of aryl methyl sites for hydroxylation is 2. The first-order chi connectivity index (χ1) is 11.2. The minimum atomic E-state index is 0.290. The van der Waals surface area contributed by atoms with Crippen molar-refractivity contribution in [2.75, 3.05) is 13.1 Å². The minimum Gasteiger partial charge on any atom is -0.342 e. The molecule has 122 valence electrons. The number of nitrogens with zero attached hydrogens (tertiary/aromatic N) is 2. The lowest BCUT2D eigenvalue weighted by molar-refractivity contribution is -0.133. The fourth-order valence-corrected chi connectivity index (χ4v) is 4.09. The second-order valence-corrected chi connectivity index (χ2v) is 6.83. The predicted molar refractivity (Wildman–Crippen MR) is 90.3 cm³/mol. The van der Waals surface area contributed by atoms with Gasteiger partial charge in [-0.25, -0.2) is 4.98 Å². The van der Waals surface area contributed by atoms with Gasteiger partial charge in [-0.1, -0.05) is 12.1 Å². The molecule has 0 aliphatic carbocycles. The van der Waals surface area contributed by atoms with Crippen LogP contribution in [0.1, 0.15) is 37.1 Å². The van der Waals surface area contributed by atoms with Crippen LogP contribution in [0.2, 0.25) is 0 Å². The zero-order valence-electron chi connectivity index (χ0n) is 13.6. The van der Waals surface area contributed by atoms with Crippen LogP contribution in [-0.2, 0) is 11.2 Å². The lowest BCUT2D eigenvalue weighted by atomic mass is 10.1. The average molecular weight is 312 g/mol. The highest BCUT2D eigenvalue weighted by Crippen LogP contribution is 2.28. The van der Waals surface area contributed by atoms with Gasteiger partial charge in [0.15, 0.2) is 0 Å². The van der Waals surface area contributed by atoms with Crippen molar-refractivity contribution in [3.8, 4) is 0 Å². The molecule has 2 aliphatic heterocycles. The third kappa shape index (κ3) is 2.74. The highest BCUT2D eigenvalue weighted by atomic mass is 16.2. The number of benzene rings is 1. The first-order valence-electron chi connectivity index (χ1n) is 8.68. The van der Waals surface area contributed by atoms with E-state index in [2.05, 4.69) is 33.2 Å². The molecule has 2 N–H and O–H groups in total. The molecule has 5 nitrogen and oxygen atoms in total. The molecule has 2 fully saturated rings. The number of hydrogen-bond acceptors (Lipinski definition) is 3. The lowest BCUT2D eigenvalue weighted by Gasteiger charge is -2.27. The molecule has 5 heteroatoms. The van der Waals surface area contributed by atoms with Crippen LogP contribution in [0.25, 0.3) is 11.0 Å². The second-order valence-electron chi connectivity index (χ2n) is 6.83. The molecule has 2 unspecified atom stereocenters. The van der Waals surface area contributed by atoms with Crippen LogP contribution in [0.4, 0.5) is 0 Å². The van der Waals surface area contributed by atoms with Crippen LogP contribution in [0.3, 0.4) is 0 Å². The molecule has 1 aromatic heterocycles. The third-order valence-electron chi connectivity index (χ3n) is 5.28. The van der Waals surface area contributed by atoms with Gasteiger partial charge in [0.05, 0.1) is 11.0 Å². The summed E-state index contributed by atoms with van der Waals surface area (Å²) in [5, 5.41) is 3.45. The number of fused-ring (bicyclic) bond motifs is 3. The van der Waals surface area contributed by atoms with E-state index in [1.54, 1.807) is 0 Å². The fraction of sp³-hybridized carbons (Fsp3) is 0.556. The van der Waals surface area contributed by atoms with Gasteiger partial charge in [-0.3, -0.25) is 4.79 Å². The monoisotopic (exact) mass is 312 g/mol. The van der Waals surface area contributed by atoms with E-state index in [-0.39, 0.29) is 0 Å². The van der Waals surface area contributed by atoms with Crippen molar-refractivity contribution in [1.82, 2.24) is 20.2 Å².